The molecule has 0 spiro atoms. The molecule has 1 aliphatic rings. The lowest BCUT2D eigenvalue weighted by atomic mass is 10.2. The number of ether oxygens (including phenoxy) is 1. The molecule has 2 heterocycles. The molecule has 0 unspecified atom stereocenters. The van der Waals surface area contributed by atoms with Crippen molar-refractivity contribution in [3.63, 3.8) is 0 Å². The van der Waals surface area contributed by atoms with Crippen LogP contribution >= 0.6 is 11.3 Å². The Morgan fingerprint density at radius 1 is 1.20 bits per heavy atom. The molecule has 6 heteroatoms. The van der Waals surface area contributed by atoms with E-state index < -0.39 is 0 Å². The largest absolute Gasteiger partial charge is 0.497 e. The zero-order valence-corrected chi connectivity index (χ0v) is 12.3. The van der Waals surface area contributed by atoms with Crippen LogP contribution in [-0.2, 0) is 0 Å². The third-order valence-electron chi connectivity index (χ3n) is 3.54. The van der Waals surface area contributed by atoms with Gasteiger partial charge in [0.05, 0.1) is 18.5 Å². The molecule has 2 aromatic rings. The molecule has 2 N–H and O–H groups in total. The predicted octanol–water partition coefficient (Wildman–Crippen LogP) is 2.06. The first-order valence-corrected chi connectivity index (χ1v) is 7.49. The van der Waals surface area contributed by atoms with E-state index in [0.29, 0.717) is 0 Å². The highest BCUT2D eigenvalue weighted by molar-refractivity contribution is 7.13. The molecule has 1 fully saturated rings. The van der Waals surface area contributed by atoms with Crippen LogP contribution in [0, 0.1) is 0 Å². The SMILES string of the molecule is COc1ccc(N2CCN(c3nccs3)CC2)c(N)c1. The van der Waals surface area contributed by atoms with Gasteiger partial charge in [0.1, 0.15) is 5.75 Å². The summed E-state index contributed by atoms with van der Waals surface area (Å²) in [6, 6.07) is 5.87. The first kappa shape index (κ1) is 13.1. The van der Waals surface area contributed by atoms with Crippen molar-refractivity contribution in [3.8, 4) is 5.75 Å². The summed E-state index contributed by atoms with van der Waals surface area (Å²) in [6.07, 6.45) is 1.85. The van der Waals surface area contributed by atoms with Crippen LogP contribution < -0.4 is 20.3 Å². The molecule has 20 heavy (non-hydrogen) atoms. The summed E-state index contributed by atoms with van der Waals surface area (Å²) in [5.74, 6) is 0.799. The minimum absolute atomic E-state index is 0.770. The van der Waals surface area contributed by atoms with E-state index in [9.17, 15) is 0 Å². The summed E-state index contributed by atoms with van der Waals surface area (Å²) >= 11 is 1.69. The molecule has 0 amide bonds. The van der Waals surface area contributed by atoms with E-state index in [1.54, 1.807) is 18.4 Å². The van der Waals surface area contributed by atoms with Gasteiger partial charge in [-0.2, -0.15) is 0 Å². The van der Waals surface area contributed by atoms with Crippen LogP contribution in [0.1, 0.15) is 0 Å². The number of nitrogens with two attached hydrogens (primary N) is 1. The summed E-state index contributed by atoms with van der Waals surface area (Å²) in [5, 5.41) is 3.12. The van der Waals surface area contributed by atoms with Crippen molar-refractivity contribution in [2.24, 2.45) is 0 Å². The Balaban J connectivity index is 1.69. The first-order chi connectivity index (χ1) is 9.78. The fourth-order valence-electron chi connectivity index (χ4n) is 2.46. The lowest BCUT2D eigenvalue weighted by Gasteiger charge is -2.36. The topological polar surface area (TPSA) is 54.6 Å². The second-order valence-corrected chi connectivity index (χ2v) is 5.59. The molecule has 1 saturated heterocycles. The molecule has 3 rings (SSSR count). The number of benzene rings is 1. The van der Waals surface area contributed by atoms with Crippen LogP contribution in [0.4, 0.5) is 16.5 Å². The number of hydrogen-bond donors (Lipinski definition) is 1. The van der Waals surface area contributed by atoms with Gasteiger partial charge in [0, 0.05) is 43.8 Å². The van der Waals surface area contributed by atoms with Crippen LogP contribution in [0.3, 0.4) is 0 Å². The second kappa shape index (κ2) is 5.58. The van der Waals surface area contributed by atoms with Gasteiger partial charge in [-0.1, -0.05) is 0 Å². The van der Waals surface area contributed by atoms with Gasteiger partial charge < -0.3 is 20.3 Å². The molecule has 0 aliphatic carbocycles. The van der Waals surface area contributed by atoms with Crippen LogP contribution in [0.2, 0.25) is 0 Å². The normalized spacial score (nSPS) is 15.4. The summed E-state index contributed by atoms with van der Waals surface area (Å²) < 4.78 is 5.19. The minimum Gasteiger partial charge on any atom is -0.497 e. The summed E-state index contributed by atoms with van der Waals surface area (Å²) in [7, 11) is 1.65. The van der Waals surface area contributed by atoms with E-state index >= 15 is 0 Å². The van der Waals surface area contributed by atoms with Gasteiger partial charge in [-0.3, -0.25) is 0 Å². The fraction of sp³-hybridized carbons (Fsp3) is 0.357. The van der Waals surface area contributed by atoms with E-state index in [1.165, 1.54) is 0 Å². The van der Waals surface area contributed by atoms with Gasteiger partial charge in [-0.05, 0) is 12.1 Å². The van der Waals surface area contributed by atoms with Gasteiger partial charge in [-0.15, -0.1) is 11.3 Å². The van der Waals surface area contributed by atoms with Gasteiger partial charge in [0.15, 0.2) is 5.13 Å². The number of methoxy groups -OCH3 is 1. The summed E-state index contributed by atoms with van der Waals surface area (Å²) in [6.45, 7) is 3.85. The van der Waals surface area contributed by atoms with Gasteiger partial charge in [-0.25, -0.2) is 4.98 Å². The van der Waals surface area contributed by atoms with Crippen molar-refractivity contribution >= 4 is 27.8 Å². The van der Waals surface area contributed by atoms with Crippen LogP contribution in [-0.4, -0.2) is 38.3 Å². The maximum atomic E-state index is 6.11. The van der Waals surface area contributed by atoms with Crippen LogP contribution in [0.15, 0.2) is 29.8 Å². The Kier molecular flexibility index (Phi) is 3.64. The van der Waals surface area contributed by atoms with E-state index in [1.807, 2.05) is 29.8 Å². The first-order valence-electron chi connectivity index (χ1n) is 6.61. The summed E-state index contributed by atoms with van der Waals surface area (Å²) in [4.78, 5) is 9.00. The molecule has 106 valence electrons. The zero-order chi connectivity index (χ0) is 13.9. The molecule has 1 aromatic carbocycles. The molecule has 0 radical (unpaired) electrons. The number of hydrogen-bond acceptors (Lipinski definition) is 6. The standard InChI is InChI=1S/C14H18N4OS/c1-19-11-2-3-13(12(15)10-11)17-5-7-18(8-6-17)14-16-4-9-20-14/h2-4,9-10H,5-8,15H2,1H3. The van der Waals surface area contributed by atoms with E-state index in [2.05, 4.69) is 14.8 Å². The molecule has 5 nitrogen and oxygen atoms in total. The van der Waals surface area contributed by atoms with E-state index in [0.717, 1.165) is 48.4 Å². The Hall–Kier alpha value is -1.95. The van der Waals surface area contributed by atoms with E-state index in [4.69, 9.17) is 10.5 Å². The third-order valence-corrected chi connectivity index (χ3v) is 4.38. The Bertz CT molecular complexity index is 565. The van der Waals surface area contributed by atoms with Crippen molar-refractivity contribution in [2.45, 2.75) is 0 Å². The zero-order valence-electron chi connectivity index (χ0n) is 11.5. The molecular formula is C14H18N4OS. The smallest absolute Gasteiger partial charge is 0.185 e. The van der Waals surface area contributed by atoms with Crippen molar-refractivity contribution in [3.05, 3.63) is 29.8 Å². The van der Waals surface area contributed by atoms with Crippen molar-refractivity contribution in [1.29, 1.82) is 0 Å². The molecule has 0 atom stereocenters. The average molecular weight is 290 g/mol. The highest BCUT2D eigenvalue weighted by atomic mass is 32.1. The van der Waals surface area contributed by atoms with Crippen molar-refractivity contribution in [1.82, 2.24) is 4.98 Å². The molecule has 0 saturated carbocycles. The number of nitrogens with zero attached hydrogens (tertiary/aromatic N) is 3. The van der Waals surface area contributed by atoms with Crippen LogP contribution in [0.5, 0.6) is 5.75 Å². The van der Waals surface area contributed by atoms with Crippen LogP contribution in [0.25, 0.3) is 0 Å². The third kappa shape index (κ3) is 2.51. The number of anilines is 3. The molecular weight excluding hydrogens is 272 g/mol. The maximum Gasteiger partial charge on any atom is 0.185 e. The van der Waals surface area contributed by atoms with Crippen molar-refractivity contribution in [2.75, 3.05) is 48.8 Å². The fourth-order valence-corrected chi connectivity index (χ4v) is 3.16. The number of nitrogen functional groups attached to an aromatic ring is 1. The molecule has 0 bridgehead atoms. The monoisotopic (exact) mass is 290 g/mol. The summed E-state index contributed by atoms with van der Waals surface area (Å²) in [5.41, 5.74) is 7.97. The van der Waals surface area contributed by atoms with Gasteiger partial charge >= 0.3 is 0 Å². The number of aromatic nitrogens is 1. The van der Waals surface area contributed by atoms with Crippen molar-refractivity contribution < 1.29 is 4.74 Å². The second-order valence-electron chi connectivity index (χ2n) is 4.71. The Morgan fingerprint density at radius 3 is 2.55 bits per heavy atom. The minimum atomic E-state index is 0.770. The predicted molar refractivity (Wildman–Crippen MR) is 83.9 cm³/mol. The van der Waals surface area contributed by atoms with Gasteiger partial charge in [0.25, 0.3) is 0 Å². The lowest BCUT2D eigenvalue weighted by molar-refractivity contribution is 0.415. The molecule has 1 aliphatic heterocycles. The lowest BCUT2D eigenvalue weighted by Crippen LogP contribution is -2.46. The van der Waals surface area contributed by atoms with Gasteiger partial charge in [0.2, 0.25) is 0 Å². The molecule has 1 aromatic heterocycles. The number of rotatable bonds is 3. The maximum absolute atomic E-state index is 6.11. The Morgan fingerprint density at radius 2 is 1.95 bits per heavy atom. The van der Waals surface area contributed by atoms with E-state index in [-0.39, 0.29) is 0 Å². The average Bonchev–Trinajstić information content (AvgIpc) is 3.01. The number of thiazole rings is 1. The number of piperazine rings is 1. The highest BCUT2D eigenvalue weighted by Gasteiger charge is 2.20. The quantitative estimate of drug-likeness (QED) is 0.877. The Labute approximate surface area is 122 Å². The highest BCUT2D eigenvalue weighted by Crippen LogP contribution is 2.29.